The maximum absolute atomic E-state index is 13.2. The fourth-order valence-corrected chi connectivity index (χ4v) is 3.75. The van der Waals surface area contributed by atoms with Crippen molar-refractivity contribution in [2.75, 3.05) is 18.8 Å². The number of hydrogen-bond acceptors (Lipinski definition) is 7. The number of hydrogen-bond donors (Lipinski definition) is 7. The van der Waals surface area contributed by atoms with Gasteiger partial charge in [0.2, 0.25) is 17.7 Å². The zero-order valence-corrected chi connectivity index (χ0v) is 20.1. The van der Waals surface area contributed by atoms with E-state index in [1.165, 1.54) is 4.90 Å². The van der Waals surface area contributed by atoms with E-state index in [0.29, 0.717) is 32.2 Å². The van der Waals surface area contributed by atoms with E-state index in [9.17, 15) is 24.3 Å². The number of amides is 3. The van der Waals surface area contributed by atoms with E-state index in [2.05, 4.69) is 28.3 Å². The highest BCUT2D eigenvalue weighted by molar-refractivity contribution is 7.80. The molecule has 0 aromatic rings. The molecule has 33 heavy (non-hydrogen) atoms. The Hall–Kier alpha value is -2.54. The van der Waals surface area contributed by atoms with Crippen LogP contribution < -0.4 is 27.8 Å². The normalized spacial score (nSPS) is 18.3. The fraction of sp³-hybridized carbons (Fsp3) is 0.750. The predicted molar refractivity (Wildman–Crippen MR) is 127 cm³/mol. The van der Waals surface area contributed by atoms with Crippen molar-refractivity contribution in [1.29, 1.82) is 0 Å². The molecule has 9 N–H and O–H groups in total. The van der Waals surface area contributed by atoms with Crippen molar-refractivity contribution in [1.82, 2.24) is 15.5 Å². The Morgan fingerprint density at radius 2 is 1.79 bits per heavy atom. The standard InChI is InChI=1S/C20H37N7O5S/c1-11(2)9-14(26-16(28)12(21)10-33)17(29)25-13(5-3-7-24-20(22)23)18(30)27-8-4-6-15(27)19(31)32/h11-15,33H,3-10,21H2,1-2H3,(H,25,29)(H,26,28)(H,31,32)(H4,22,23,24). The molecule has 1 saturated heterocycles. The number of carbonyl (C=O) groups excluding carboxylic acids is 3. The molecular weight excluding hydrogens is 450 g/mol. The monoisotopic (exact) mass is 487 g/mol. The van der Waals surface area contributed by atoms with Crippen molar-refractivity contribution in [2.45, 2.75) is 70.1 Å². The molecule has 1 aliphatic rings. The number of carbonyl (C=O) groups is 4. The summed E-state index contributed by atoms with van der Waals surface area (Å²) in [4.78, 5) is 55.2. The lowest BCUT2D eigenvalue weighted by atomic mass is 10.0. The summed E-state index contributed by atoms with van der Waals surface area (Å²) in [5.41, 5.74) is 16.4. The van der Waals surface area contributed by atoms with E-state index in [0.717, 1.165) is 0 Å². The Morgan fingerprint density at radius 3 is 2.33 bits per heavy atom. The third kappa shape index (κ3) is 9.46. The van der Waals surface area contributed by atoms with E-state index in [4.69, 9.17) is 17.2 Å². The molecule has 188 valence electrons. The smallest absolute Gasteiger partial charge is 0.326 e. The minimum Gasteiger partial charge on any atom is -0.480 e. The van der Waals surface area contributed by atoms with Crippen LogP contribution in [-0.2, 0) is 19.2 Å². The number of rotatable bonds is 13. The summed E-state index contributed by atoms with van der Waals surface area (Å²) < 4.78 is 0. The lowest BCUT2D eigenvalue weighted by molar-refractivity contribution is -0.149. The van der Waals surface area contributed by atoms with Crippen molar-refractivity contribution in [3.63, 3.8) is 0 Å². The quantitative estimate of drug-likeness (QED) is 0.0694. The van der Waals surface area contributed by atoms with Crippen LogP contribution in [-0.4, -0.2) is 82.7 Å². The first-order chi connectivity index (χ1) is 15.5. The van der Waals surface area contributed by atoms with Crippen molar-refractivity contribution in [2.24, 2.45) is 28.1 Å². The molecule has 3 amide bonds. The molecule has 1 fully saturated rings. The zero-order chi connectivity index (χ0) is 25.1. The van der Waals surface area contributed by atoms with E-state index >= 15 is 0 Å². The van der Waals surface area contributed by atoms with Crippen LogP contribution in [0, 0.1) is 5.92 Å². The average Bonchev–Trinajstić information content (AvgIpc) is 3.23. The molecular formula is C20H37N7O5S. The first-order valence-corrected chi connectivity index (χ1v) is 11.7. The molecule has 0 saturated carbocycles. The molecule has 0 aromatic carbocycles. The van der Waals surface area contributed by atoms with Crippen molar-refractivity contribution >= 4 is 42.3 Å². The Morgan fingerprint density at radius 1 is 1.15 bits per heavy atom. The van der Waals surface area contributed by atoms with Gasteiger partial charge in [0, 0.05) is 18.8 Å². The van der Waals surface area contributed by atoms with Gasteiger partial charge in [-0.15, -0.1) is 0 Å². The molecule has 1 heterocycles. The van der Waals surface area contributed by atoms with Gasteiger partial charge >= 0.3 is 5.97 Å². The molecule has 4 unspecified atom stereocenters. The van der Waals surface area contributed by atoms with Gasteiger partial charge < -0.3 is 37.8 Å². The van der Waals surface area contributed by atoms with Crippen molar-refractivity contribution in [3.8, 4) is 0 Å². The predicted octanol–water partition coefficient (Wildman–Crippen LogP) is -1.61. The molecule has 0 aliphatic carbocycles. The first-order valence-electron chi connectivity index (χ1n) is 11.0. The Labute approximate surface area is 199 Å². The van der Waals surface area contributed by atoms with Crippen LogP contribution in [0.25, 0.3) is 0 Å². The molecule has 4 atom stereocenters. The summed E-state index contributed by atoms with van der Waals surface area (Å²) in [6, 6.07) is -3.72. The number of guanidine groups is 1. The van der Waals surface area contributed by atoms with Gasteiger partial charge in [0.15, 0.2) is 5.96 Å². The van der Waals surface area contributed by atoms with E-state index in [1.54, 1.807) is 0 Å². The summed E-state index contributed by atoms with van der Waals surface area (Å²) in [5.74, 6) is -2.55. The zero-order valence-electron chi connectivity index (χ0n) is 19.2. The second kappa shape index (κ2) is 13.9. The van der Waals surface area contributed by atoms with Gasteiger partial charge in [0.1, 0.15) is 18.1 Å². The number of carboxylic acids is 1. The van der Waals surface area contributed by atoms with Crippen molar-refractivity contribution in [3.05, 3.63) is 0 Å². The minimum atomic E-state index is -1.09. The summed E-state index contributed by atoms with van der Waals surface area (Å²) in [6.45, 7) is 4.32. The summed E-state index contributed by atoms with van der Waals surface area (Å²) in [5, 5.41) is 14.8. The number of likely N-dealkylation sites (tertiary alicyclic amines) is 1. The molecule has 1 aliphatic heterocycles. The van der Waals surface area contributed by atoms with Gasteiger partial charge in [0.05, 0.1) is 6.04 Å². The number of nitrogens with one attached hydrogen (secondary N) is 2. The van der Waals surface area contributed by atoms with Crippen LogP contribution in [0.3, 0.4) is 0 Å². The Bertz CT molecular complexity index is 730. The lowest BCUT2D eigenvalue weighted by Gasteiger charge is -2.29. The first kappa shape index (κ1) is 28.5. The van der Waals surface area contributed by atoms with Gasteiger partial charge in [-0.25, -0.2) is 4.79 Å². The van der Waals surface area contributed by atoms with Crippen molar-refractivity contribution < 1.29 is 24.3 Å². The van der Waals surface area contributed by atoms with E-state index in [-0.39, 0.29) is 30.6 Å². The summed E-state index contributed by atoms with van der Waals surface area (Å²) in [6.07, 6.45) is 1.82. The summed E-state index contributed by atoms with van der Waals surface area (Å²) >= 11 is 4.01. The minimum absolute atomic E-state index is 0.0688. The van der Waals surface area contributed by atoms with Gasteiger partial charge in [-0.05, 0) is 38.0 Å². The second-order valence-corrected chi connectivity index (χ2v) is 8.88. The SMILES string of the molecule is CC(C)CC(NC(=O)C(N)CS)C(=O)NC(CCCN=C(N)N)C(=O)N1CCCC1C(=O)O. The number of carboxylic acid groups (broad SMARTS) is 1. The maximum Gasteiger partial charge on any atom is 0.326 e. The number of thiol groups is 1. The molecule has 0 radical (unpaired) electrons. The Kier molecular flexibility index (Phi) is 12.0. The highest BCUT2D eigenvalue weighted by atomic mass is 32.1. The molecule has 13 heteroatoms. The average molecular weight is 488 g/mol. The Balaban J connectivity index is 3.02. The summed E-state index contributed by atoms with van der Waals surface area (Å²) in [7, 11) is 0. The third-order valence-electron chi connectivity index (χ3n) is 5.25. The number of aliphatic carboxylic acids is 1. The molecule has 0 aromatic heterocycles. The van der Waals surface area contributed by atoms with Gasteiger partial charge in [-0.2, -0.15) is 12.6 Å². The molecule has 0 bridgehead atoms. The second-order valence-electron chi connectivity index (χ2n) is 8.52. The van der Waals surface area contributed by atoms with E-state index in [1.807, 2.05) is 13.8 Å². The molecule has 1 rings (SSSR count). The molecule has 0 spiro atoms. The van der Waals surface area contributed by atoms with Gasteiger partial charge in [-0.3, -0.25) is 19.4 Å². The largest absolute Gasteiger partial charge is 0.480 e. The number of aliphatic imine (C=N–C) groups is 1. The third-order valence-corrected chi connectivity index (χ3v) is 5.65. The van der Waals surface area contributed by atoms with Crippen LogP contribution in [0.15, 0.2) is 4.99 Å². The fourth-order valence-electron chi connectivity index (χ4n) is 3.59. The number of nitrogens with zero attached hydrogens (tertiary/aromatic N) is 2. The van der Waals surface area contributed by atoms with Gasteiger partial charge in [-0.1, -0.05) is 13.8 Å². The van der Waals surface area contributed by atoms with Crippen LogP contribution in [0.4, 0.5) is 0 Å². The van der Waals surface area contributed by atoms with Crippen LogP contribution in [0.1, 0.15) is 46.0 Å². The topological polar surface area (TPSA) is 206 Å². The highest BCUT2D eigenvalue weighted by Gasteiger charge is 2.38. The van der Waals surface area contributed by atoms with Crippen LogP contribution >= 0.6 is 12.6 Å². The van der Waals surface area contributed by atoms with Gasteiger partial charge in [0.25, 0.3) is 0 Å². The van der Waals surface area contributed by atoms with Crippen LogP contribution in [0.5, 0.6) is 0 Å². The van der Waals surface area contributed by atoms with Crippen LogP contribution in [0.2, 0.25) is 0 Å². The lowest BCUT2D eigenvalue weighted by Crippen LogP contribution is -2.57. The highest BCUT2D eigenvalue weighted by Crippen LogP contribution is 2.20. The molecule has 12 nitrogen and oxygen atoms in total. The van der Waals surface area contributed by atoms with E-state index < -0.39 is 47.9 Å². The number of nitrogens with two attached hydrogens (primary N) is 3. The maximum atomic E-state index is 13.2.